The Balaban J connectivity index is 1.80. The van der Waals surface area contributed by atoms with Gasteiger partial charge in [-0.2, -0.15) is 0 Å². The topological polar surface area (TPSA) is 55.1 Å². The van der Waals surface area contributed by atoms with Crippen molar-refractivity contribution >= 4 is 29.0 Å². The standard InChI is InChI=1S/C15H14F2N2OS/c16-10-1-6-14(13(17)9-10)21-8-7-15(20)19-12-4-2-11(18)3-5-12/h1-6,9H,7-8,18H2,(H,19,20). The maximum absolute atomic E-state index is 13.4. The smallest absolute Gasteiger partial charge is 0.225 e. The van der Waals surface area contributed by atoms with Gasteiger partial charge in [-0.05, 0) is 36.4 Å². The van der Waals surface area contributed by atoms with Crippen LogP contribution in [0.3, 0.4) is 0 Å². The summed E-state index contributed by atoms with van der Waals surface area (Å²) in [5.74, 6) is -0.990. The molecule has 0 radical (unpaired) electrons. The van der Waals surface area contributed by atoms with E-state index in [4.69, 9.17) is 5.73 Å². The summed E-state index contributed by atoms with van der Waals surface area (Å²) in [4.78, 5) is 12.0. The van der Waals surface area contributed by atoms with Gasteiger partial charge >= 0.3 is 0 Å². The first kappa shape index (κ1) is 15.3. The summed E-state index contributed by atoms with van der Waals surface area (Å²) < 4.78 is 26.1. The molecular weight excluding hydrogens is 294 g/mol. The van der Waals surface area contributed by atoms with E-state index in [2.05, 4.69) is 5.32 Å². The van der Waals surface area contributed by atoms with Crippen LogP contribution < -0.4 is 11.1 Å². The molecule has 0 aliphatic carbocycles. The van der Waals surface area contributed by atoms with E-state index in [1.807, 2.05) is 0 Å². The molecule has 0 spiro atoms. The molecule has 1 amide bonds. The molecule has 0 atom stereocenters. The van der Waals surface area contributed by atoms with Crippen LogP contribution in [0.5, 0.6) is 0 Å². The van der Waals surface area contributed by atoms with Gasteiger partial charge in [-0.3, -0.25) is 4.79 Å². The van der Waals surface area contributed by atoms with Crippen molar-refractivity contribution in [3.8, 4) is 0 Å². The number of hydrogen-bond donors (Lipinski definition) is 2. The zero-order chi connectivity index (χ0) is 15.2. The predicted molar refractivity (Wildman–Crippen MR) is 81.2 cm³/mol. The lowest BCUT2D eigenvalue weighted by molar-refractivity contribution is -0.115. The largest absolute Gasteiger partial charge is 0.399 e. The molecule has 3 nitrogen and oxygen atoms in total. The molecule has 6 heteroatoms. The number of rotatable bonds is 5. The van der Waals surface area contributed by atoms with Crippen LogP contribution in [0.25, 0.3) is 0 Å². The molecule has 0 heterocycles. The minimum atomic E-state index is -0.613. The highest BCUT2D eigenvalue weighted by atomic mass is 32.2. The van der Waals surface area contributed by atoms with Crippen molar-refractivity contribution in [3.63, 3.8) is 0 Å². The molecule has 2 aromatic rings. The number of benzene rings is 2. The van der Waals surface area contributed by atoms with E-state index in [0.29, 0.717) is 22.0 Å². The van der Waals surface area contributed by atoms with Crippen molar-refractivity contribution in [2.24, 2.45) is 0 Å². The van der Waals surface area contributed by atoms with Crippen molar-refractivity contribution < 1.29 is 13.6 Å². The Morgan fingerprint density at radius 2 is 1.86 bits per heavy atom. The third kappa shape index (κ3) is 4.75. The normalized spacial score (nSPS) is 10.4. The lowest BCUT2D eigenvalue weighted by Crippen LogP contribution is -2.12. The first-order chi connectivity index (χ1) is 10.0. The summed E-state index contributed by atoms with van der Waals surface area (Å²) in [6.45, 7) is 0. The van der Waals surface area contributed by atoms with E-state index in [0.717, 1.165) is 6.07 Å². The van der Waals surface area contributed by atoms with Crippen LogP contribution in [-0.4, -0.2) is 11.7 Å². The second-order valence-electron chi connectivity index (χ2n) is 4.34. The van der Waals surface area contributed by atoms with E-state index in [9.17, 15) is 13.6 Å². The third-order valence-electron chi connectivity index (χ3n) is 2.68. The summed E-state index contributed by atoms with van der Waals surface area (Å²) in [5.41, 5.74) is 6.83. The van der Waals surface area contributed by atoms with Crippen LogP contribution in [-0.2, 0) is 4.79 Å². The third-order valence-corrected chi connectivity index (χ3v) is 3.73. The van der Waals surface area contributed by atoms with E-state index in [1.165, 1.54) is 23.9 Å². The van der Waals surface area contributed by atoms with Gasteiger partial charge in [0.25, 0.3) is 0 Å². The first-order valence-electron chi connectivity index (χ1n) is 6.28. The maximum Gasteiger partial charge on any atom is 0.225 e. The molecule has 2 rings (SSSR count). The number of anilines is 2. The van der Waals surface area contributed by atoms with E-state index in [1.54, 1.807) is 24.3 Å². The molecule has 21 heavy (non-hydrogen) atoms. The summed E-state index contributed by atoms with van der Waals surface area (Å²) in [6.07, 6.45) is 0.228. The minimum Gasteiger partial charge on any atom is -0.399 e. The van der Waals surface area contributed by atoms with E-state index < -0.39 is 11.6 Å². The van der Waals surface area contributed by atoms with Crippen molar-refractivity contribution in [1.29, 1.82) is 0 Å². The van der Waals surface area contributed by atoms with Crippen LogP contribution in [0.4, 0.5) is 20.2 Å². The molecule has 0 unspecified atom stereocenters. The van der Waals surface area contributed by atoms with Gasteiger partial charge in [-0.15, -0.1) is 11.8 Å². The van der Waals surface area contributed by atoms with Gasteiger partial charge in [0.15, 0.2) is 0 Å². The van der Waals surface area contributed by atoms with Gasteiger partial charge in [0.1, 0.15) is 11.6 Å². The zero-order valence-corrected chi connectivity index (χ0v) is 11.9. The summed E-state index contributed by atoms with van der Waals surface area (Å²) in [5, 5.41) is 2.72. The molecule has 0 aliphatic heterocycles. The number of hydrogen-bond acceptors (Lipinski definition) is 3. The van der Waals surface area contributed by atoms with Crippen LogP contribution in [0.1, 0.15) is 6.42 Å². The van der Waals surface area contributed by atoms with Crippen LogP contribution in [0.2, 0.25) is 0 Å². The van der Waals surface area contributed by atoms with Crippen molar-refractivity contribution in [3.05, 3.63) is 54.1 Å². The van der Waals surface area contributed by atoms with Crippen LogP contribution in [0, 0.1) is 11.6 Å². The van der Waals surface area contributed by atoms with Gasteiger partial charge < -0.3 is 11.1 Å². The number of amides is 1. The number of nitrogen functional groups attached to an aromatic ring is 1. The number of halogens is 2. The fourth-order valence-corrected chi connectivity index (χ4v) is 2.50. The van der Waals surface area contributed by atoms with E-state index >= 15 is 0 Å². The molecule has 0 saturated heterocycles. The Morgan fingerprint density at radius 1 is 1.14 bits per heavy atom. The Bertz CT molecular complexity index is 632. The average Bonchev–Trinajstić information content (AvgIpc) is 2.44. The second kappa shape index (κ2) is 7.08. The summed E-state index contributed by atoms with van der Waals surface area (Å²) in [6, 6.07) is 10.2. The van der Waals surface area contributed by atoms with Gasteiger partial charge in [-0.25, -0.2) is 8.78 Å². The summed E-state index contributed by atoms with van der Waals surface area (Å²) >= 11 is 1.17. The van der Waals surface area contributed by atoms with Gasteiger partial charge in [0.2, 0.25) is 5.91 Å². The second-order valence-corrected chi connectivity index (χ2v) is 5.48. The van der Waals surface area contributed by atoms with Crippen LogP contribution in [0.15, 0.2) is 47.4 Å². The quantitative estimate of drug-likeness (QED) is 0.654. The molecule has 110 valence electrons. The molecule has 0 bridgehead atoms. The lowest BCUT2D eigenvalue weighted by Gasteiger charge is -2.06. The maximum atomic E-state index is 13.4. The molecule has 0 saturated carbocycles. The Hall–Kier alpha value is -2.08. The molecule has 3 N–H and O–H groups in total. The monoisotopic (exact) mass is 308 g/mol. The first-order valence-corrected chi connectivity index (χ1v) is 7.26. The highest BCUT2D eigenvalue weighted by Gasteiger charge is 2.07. The lowest BCUT2D eigenvalue weighted by atomic mass is 10.3. The van der Waals surface area contributed by atoms with Crippen LogP contribution >= 0.6 is 11.8 Å². The minimum absolute atomic E-state index is 0.171. The highest BCUT2D eigenvalue weighted by Crippen LogP contribution is 2.23. The average molecular weight is 308 g/mol. The molecular formula is C15H14F2N2OS. The van der Waals surface area contributed by atoms with Crippen molar-refractivity contribution in [1.82, 2.24) is 0 Å². The number of carbonyl (C=O) groups is 1. The fourth-order valence-electron chi connectivity index (χ4n) is 1.64. The predicted octanol–water partition coefficient (Wildman–Crippen LogP) is 3.67. The van der Waals surface area contributed by atoms with Crippen molar-refractivity contribution in [2.45, 2.75) is 11.3 Å². The molecule has 0 aromatic heterocycles. The Labute approximate surface area is 125 Å². The zero-order valence-electron chi connectivity index (χ0n) is 11.1. The molecule has 0 aliphatic rings. The number of nitrogens with one attached hydrogen (secondary N) is 1. The summed E-state index contributed by atoms with van der Waals surface area (Å²) in [7, 11) is 0. The van der Waals surface area contributed by atoms with Gasteiger partial charge in [-0.1, -0.05) is 0 Å². The van der Waals surface area contributed by atoms with E-state index in [-0.39, 0.29) is 12.3 Å². The van der Waals surface area contributed by atoms with Gasteiger partial charge in [0.05, 0.1) is 0 Å². The highest BCUT2D eigenvalue weighted by molar-refractivity contribution is 7.99. The van der Waals surface area contributed by atoms with Crippen molar-refractivity contribution in [2.75, 3.05) is 16.8 Å². The Kier molecular flexibility index (Phi) is 5.16. The number of nitrogens with two attached hydrogens (primary N) is 1. The van der Waals surface area contributed by atoms with Gasteiger partial charge in [0, 0.05) is 34.5 Å². The number of thioether (sulfide) groups is 1. The SMILES string of the molecule is Nc1ccc(NC(=O)CCSc2ccc(F)cc2F)cc1. The fraction of sp³-hybridized carbons (Fsp3) is 0.133. The molecule has 2 aromatic carbocycles. The molecule has 0 fully saturated rings. The number of carbonyl (C=O) groups excluding carboxylic acids is 1. The Morgan fingerprint density at radius 3 is 2.52 bits per heavy atom.